The molecular formula is C17H16F3N7. The molecule has 0 aliphatic heterocycles. The highest BCUT2D eigenvalue weighted by Gasteiger charge is 2.32. The van der Waals surface area contributed by atoms with Crippen molar-refractivity contribution < 1.29 is 13.2 Å². The van der Waals surface area contributed by atoms with Gasteiger partial charge in [0.1, 0.15) is 29.4 Å². The van der Waals surface area contributed by atoms with Crippen molar-refractivity contribution in [2.45, 2.75) is 19.5 Å². The molecule has 3 heterocycles. The van der Waals surface area contributed by atoms with Crippen molar-refractivity contribution in [1.82, 2.24) is 24.9 Å². The number of hydrogen-bond acceptors (Lipinski definition) is 7. The second-order valence-electron chi connectivity index (χ2n) is 5.55. The van der Waals surface area contributed by atoms with Gasteiger partial charge in [0.25, 0.3) is 0 Å². The number of halogens is 3. The van der Waals surface area contributed by atoms with E-state index in [1.165, 1.54) is 18.5 Å². The molecule has 0 fully saturated rings. The van der Waals surface area contributed by atoms with Crippen molar-refractivity contribution in [1.29, 1.82) is 0 Å². The predicted molar refractivity (Wildman–Crippen MR) is 94.4 cm³/mol. The van der Waals surface area contributed by atoms with Crippen LogP contribution in [0.25, 0.3) is 11.5 Å². The van der Waals surface area contributed by atoms with Gasteiger partial charge in [-0.1, -0.05) is 13.0 Å². The molecule has 3 rings (SSSR count). The molecule has 2 N–H and O–H groups in total. The third kappa shape index (κ3) is 4.87. The van der Waals surface area contributed by atoms with E-state index in [0.717, 1.165) is 12.5 Å². The van der Waals surface area contributed by atoms with E-state index >= 15 is 0 Å². The first-order valence-electron chi connectivity index (χ1n) is 8.15. The van der Waals surface area contributed by atoms with E-state index in [0.29, 0.717) is 23.9 Å². The molecule has 0 amide bonds. The Morgan fingerprint density at radius 1 is 1.00 bits per heavy atom. The van der Waals surface area contributed by atoms with Crippen LogP contribution in [0.1, 0.15) is 19.0 Å². The predicted octanol–water partition coefficient (Wildman–Crippen LogP) is 3.91. The summed E-state index contributed by atoms with van der Waals surface area (Å²) in [4.78, 5) is 20.0. The summed E-state index contributed by atoms with van der Waals surface area (Å²) in [6.45, 7) is 2.64. The number of aromatic nitrogens is 5. The summed E-state index contributed by atoms with van der Waals surface area (Å²) in [6.07, 6.45) is 0.803. The monoisotopic (exact) mass is 375 g/mol. The third-order valence-electron chi connectivity index (χ3n) is 3.38. The van der Waals surface area contributed by atoms with Gasteiger partial charge < -0.3 is 10.6 Å². The van der Waals surface area contributed by atoms with Crippen LogP contribution < -0.4 is 10.6 Å². The van der Waals surface area contributed by atoms with E-state index in [1.54, 1.807) is 18.5 Å². The molecule has 0 bridgehead atoms. The maximum atomic E-state index is 13.0. The van der Waals surface area contributed by atoms with Crippen LogP contribution in [0, 0.1) is 0 Å². The van der Waals surface area contributed by atoms with Gasteiger partial charge in [0, 0.05) is 12.6 Å². The lowest BCUT2D eigenvalue weighted by molar-refractivity contribution is -0.141. The zero-order chi connectivity index (χ0) is 19.3. The van der Waals surface area contributed by atoms with Gasteiger partial charge in [-0.3, -0.25) is 0 Å². The van der Waals surface area contributed by atoms with Crippen LogP contribution in [0.4, 0.5) is 30.5 Å². The van der Waals surface area contributed by atoms with Crippen molar-refractivity contribution in [2.75, 3.05) is 17.2 Å². The minimum Gasteiger partial charge on any atom is -0.370 e. The summed E-state index contributed by atoms with van der Waals surface area (Å²) < 4.78 is 38.9. The van der Waals surface area contributed by atoms with Crippen LogP contribution in [0.15, 0.2) is 43.0 Å². The summed E-state index contributed by atoms with van der Waals surface area (Å²) in [6, 6.07) is 5.27. The Morgan fingerprint density at radius 3 is 2.44 bits per heavy atom. The van der Waals surface area contributed by atoms with Gasteiger partial charge in [0.15, 0.2) is 5.82 Å². The van der Waals surface area contributed by atoms with Crippen LogP contribution >= 0.6 is 0 Å². The average Bonchev–Trinajstić information content (AvgIpc) is 2.66. The highest BCUT2D eigenvalue weighted by molar-refractivity contribution is 5.62. The fraction of sp³-hybridized carbons (Fsp3) is 0.235. The van der Waals surface area contributed by atoms with Crippen LogP contribution in [0.3, 0.4) is 0 Å². The van der Waals surface area contributed by atoms with Crippen LogP contribution in [-0.4, -0.2) is 31.5 Å². The van der Waals surface area contributed by atoms with E-state index in [4.69, 9.17) is 0 Å². The Hall–Kier alpha value is -3.30. The lowest BCUT2D eigenvalue weighted by Crippen LogP contribution is -2.10. The standard InChI is InChI=1S/C17H16F3N7/c1-2-6-23-14-7-15(24-11-8-21-10-22-9-11)27-16(26-14)12-4-3-5-13(25-12)17(18,19)20/h3-5,7-10H,2,6H2,1H3,(H2,23,24,26,27). The minimum absolute atomic E-state index is 0.0253. The molecule has 140 valence electrons. The smallest absolute Gasteiger partial charge is 0.370 e. The Balaban J connectivity index is 2.00. The fourth-order valence-corrected chi connectivity index (χ4v) is 2.20. The second-order valence-corrected chi connectivity index (χ2v) is 5.55. The van der Waals surface area contributed by atoms with Gasteiger partial charge >= 0.3 is 6.18 Å². The Labute approximate surface area is 153 Å². The highest BCUT2D eigenvalue weighted by atomic mass is 19.4. The largest absolute Gasteiger partial charge is 0.433 e. The average molecular weight is 375 g/mol. The van der Waals surface area contributed by atoms with Crippen molar-refractivity contribution in [2.24, 2.45) is 0 Å². The molecule has 7 nitrogen and oxygen atoms in total. The van der Waals surface area contributed by atoms with Gasteiger partial charge in [0.2, 0.25) is 0 Å². The van der Waals surface area contributed by atoms with Gasteiger partial charge in [-0.25, -0.2) is 24.9 Å². The topological polar surface area (TPSA) is 88.5 Å². The number of anilines is 3. The van der Waals surface area contributed by atoms with Gasteiger partial charge in [-0.2, -0.15) is 13.2 Å². The number of nitrogens with zero attached hydrogens (tertiary/aromatic N) is 5. The van der Waals surface area contributed by atoms with E-state index in [1.807, 2.05) is 6.92 Å². The van der Waals surface area contributed by atoms with E-state index in [-0.39, 0.29) is 11.5 Å². The molecule has 3 aromatic rings. The van der Waals surface area contributed by atoms with Crippen LogP contribution in [-0.2, 0) is 6.18 Å². The normalized spacial score (nSPS) is 11.3. The molecule has 0 saturated heterocycles. The number of nitrogens with one attached hydrogen (secondary N) is 2. The Bertz CT molecular complexity index is 901. The zero-order valence-electron chi connectivity index (χ0n) is 14.3. The summed E-state index contributed by atoms with van der Waals surface area (Å²) in [5.41, 5.74) is -0.389. The summed E-state index contributed by atoms with van der Waals surface area (Å²) in [5, 5.41) is 6.11. The van der Waals surface area contributed by atoms with Gasteiger partial charge in [-0.05, 0) is 18.6 Å². The Morgan fingerprint density at radius 2 is 1.74 bits per heavy atom. The molecule has 0 atom stereocenters. The number of pyridine rings is 1. The number of alkyl halides is 3. The first-order valence-corrected chi connectivity index (χ1v) is 8.15. The Kier molecular flexibility index (Phi) is 5.43. The van der Waals surface area contributed by atoms with E-state index in [2.05, 4.69) is 35.6 Å². The minimum atomic E-state index is -4.55. The van der Waals surface area contributed by atoms with Crippen molar-refractivity contribution in [3.8, 4) is 11.5 Å². The molecule has 27 heavy (non-hydrogen) atoms. The molecule has 0 unspecified atom stereocenters. The van der Waals surface area contributed by atoms with Crippen molar-refractivity contribution >= 4 is 17.3 Å². The molecular weight excluding hydrogens is 359 g/mol. The number of hydrogen-bond donors (Lipinski definition) is 2. The van der Waals surface area contributed by atoms with E-state index < -0.39 is 11.9 Å². The molecule has 0 aliphatic carbocycles. The molecule has 10 heteroatoms. The fourth-order valence-electron chi connectivity index (χ4n) is 2.20. The third-order valence-corrected chi connectivity index (χ3v) is 3.38. The molecule has 0 spiro atoms. The lowest BCUT2D eigenvalue weighted by atomic mass is 10.2. The van der Waals surface area contributed by atoms with Crippen LogP contribution in [0.5, 0.6) is 0 Å². The van der Waals surface area contributed by atoms with Gasteiger partial charge in [0.05, 0.1) is 18.1 Å². The maximum absolute atomic E-state index is 13.0. The van der Waals surface area contributed by atoms with Gasteiger partial charge in [-0.15, -0.1) is 0 Å². The summed E-state index contributed by atoms with van der Waals surface area (Å²) in [5.74, 6) is 0.926. The SMILES string of the molecule is CCCNc1cc(Nc2cncnc2)nc(-c2cccc(C(F)(F)F)n2)n1. The van der Waals surface area contributed by atoms with Crippen LogP contribution in [0.2, 0.25) is 0 Å². The summed E-state index contributed by atoms with van der Waals surface area (Å²) >= 11 is 0. The van der Waals surface area contributed by atoms with Crippen molar-refractivity contribution in [3.63, 3.8) is 0 Å². The lowest BCUT2D eigenvalue weighted by Gasteiger charge is -2.11. The quantitative estimate of drug-likeness (QED) is 0.675. The molecule has 0 aliphatic rings. The molecule has 0 aromatic carbocycles. The second kappa shape index (κ2) is 7.94. The first kappa shape index (κ1) is 18.5. The number of rotatable bonds is 6. The molecule has 3 aromatic heterocycles. The zero-order valence-corrected chi connectivity index (χ0v) is 14.3. The highest BCUT2D eigenvalue weighted by Crippen LogP contribution is 2.29. The molecule has 0 radical (unpaired) electrons. The first-order chi connectivity index (χ1) is 13.0. The van der Waals surface area contributed by atoms with Crippen molar-refractivity contribution in [3.05, 3.63) is 48.7 Å². The maximum Gasteiger partial charge on any atom is 0.433 e. The molecule has 0 saturated carbocycles. The van der Waals surface area contributed by atoms with E-state index in [9.17, 15) is 13.2 Å². The summed E-state index contributed by atoms with van der Waals surface area (Å²) in [7, 11) is 0.